The van der Waals surface area contributed by atoms with Gasteiger partial charge in [-0.2, -0.15) is 0 Å². The predicted molar refractivity (Wildman–Crippen MR) is 68.1 cm³/mol. The summed E-state index contributed by atoms with van der Waals surface area (Å²) in [5.41, 5.74) is 0.607. The maximum Gasteiger partial charge on any atom is 0.372 e. The molecule has 0 saturated heterocycles. The fraction of sp³-hybridized carbons (Fsp3) is 0.154. The largest absolute Gasteiger partial charge is 0.507 e. The Kier molecular flexibility index (Phi) is 3.62. The summed E-state index contributed by atoms with van der Waals surface area (Å²) in [5, 5.41) is 18.5. The summed E-state index contributed by atoms with van der Waals surface area (Å²) in [6.07, 6.45) is 0. The van der Waals surface area contributed by atoms with Gasteiger partial charge < -0.3 is 14.6 Å². The highest BCUT2D eigenvalue weighted by Crippen LogP contribution is 2.31. The second-order valence-electron chi connectivity index (χ2n) is 3.79. The van der Waals surface area contributed by atoms with Crippen molar-refractivity contribution in [2.24, 2.45) is 0 Å². The Bertz CT molecular complexity index is 574. The summed E-state index contributed by atoms with van der Waals surface area (Å²) in [5.74, 6) is 0.183. The van der Waals surface area contributed by atoms with Crippen LogP contribution in [0.25, 0.3) is 0 Å². The van der Waals surface area contributed by atoms with Crippen LogP contribution in [-0.4, -0.2) is 16.2 Å². The van der Waals surface area contributed by atoms with E-state index in [0.29, 0.717) is 17.1 Å². The normalized spacial score (nSPS) is 10.5. The lowest BCUT2D eigenvalue weighted by atomic mass is 10.3. The van der Waals surface area contributed by atoms with Crippen molar-refractivity contribution in [2.75, 3.05) is 0 Å². The molecule has 0 aliphatic carbocycles. The van der Waals surface area contributed by atoms with Crippen LogP contribution in [0, 0.1) is 6.92 Å². The van der Waals surface area contributed by atoms with Crippen LogP contribution < -0.4 is 0 Å². The van der Waals surface area contributed by atoms with Crippen LogP contribution in [0.4, 0.5) is 0 Å². The Balaban J connectivity index is 2.09. The Morgan fingerprint density at radius 1 is 1.39 bits per heavy atom. The van der Waals surface area contributed by atoms with Crippen LogP contribution in [0.5, 0.6) is 5.75 Å². The summed E-state index contributed by atoms with van der Waals surface area (Å²) in [6.45, 7) is 1.70. The van der Waals surface area contributed by atoms with Crippen LogP contribution >= 0.6 is 11.8 Å². The zero-order chi connectivity index (χ0) is 13.1. The minimum absolute atomic E-state index is 0.0251. The van der Waals surface area contributed by atoms with E-state index >= 15 is 0 Å². The van der Waals surface area contributed by atoms with Gasteiger partial charge in [-0.3, -0.25) is 0 Å². The van der Waals surface area contributed by atoms with Crippen LogP contribution in [0.1, 0.15) is 21.9 Å². The van der Waals surface area contributed by atoms with Crippen molar-refractivity contribution in [3.8, 4) is 5.75 Å². The molecule has 0 amide bonds. The number of aromatic carboxylic acids is 1. The molecule has 0 saturated carbocycles. The van der Waals surface area contributed by atoms with Crippen molar-refractivity contribution in [2.45, 2.75) is 17.6 Å². The number of carbonyl (C=O) groups is 1. The van der Waals surface area contributed by atoms with Gasteiger partial charge >= 0.3 is 5.97 Å². The summed E-state index contributed by atoms with van der Waals surface area (Å²) in [6, 6.07) is 8.69. The first-order valence-corrected chi connectivity index (χ1v) is 6.30. The van der Waals surface area contributed by atoms with E-state index < -0.39 is 5.97 Å². The highest BCUT2D eigenvalue weighted by Gasteiger charge is 2.14. The zero-order valence-electron chi connectivity index (χ0n) is 9.71. The lowest BCUT2D eigenvalue weighted by molar-refractivity contribution is 0.0659. The first-order valence-electron chi connectivity index (χ1n) is 5.31. The Morgan fingerprint density at radius 3 is 2.72 bits per heavy atom. The number of hydrogen-bond donors (Lipinski definition) is 2. The van der Waals surface area contributed by atoms with Crippen molar-refractivity contribution in [1.29, 1.82) is 0 Å². The number of aryl methyl sites for hydroxylation is 1. The number of benzene rings is 1. The SMILES string of the molecule is Cc1cc(CSc2ccccc2O)oc1C(=O)O. The smallest absolute Gasteiger partial charge is 0.372 e. The van der Waals surface area contributed by atoms with Gasteiger partial charge in [-0.05, 0) is 25.1 Å². The highest BCUT2D eigenvalue weighted by molar-refractivity contribution is 7.98. The van der Waals surface area contributed by atoms with Crippen molar-refractivity contribution < 1.29 is 19.4 Å². The molecule has 2 N–H and O–H groups in total. The molecule has 5 heteroatoms. The molecule has 0 unspecified atom stereocenters. The Labute approximate surface area is 108 Å². The number of rotatable bonds is 4. The van der Waals surface area contributed by atoms with E-state index in [-0.39, 0.29) is 11.5 Å². The van der Waals surface area contributed by atoms with Crippen molar-refractivity contribution in [3.05, 3.63) is 47.4 Å². The van der Waals surface area contributed by atoms with Gasteiger partial charge in [0, 0.05) is 10.5 Å². The number of carboxylic acid groups (broad SMARTS) is 1. The molecule has 94 valence electrons. The standard InChI is InChI=1S/C13H12O4S/c1-8-6-9(17-12(8)13(15)16)7-18-11-5-3-2-4-10(11)14/h2-6,14H,7H2,1H3,(H,15,16). The summed E-state index contributed by atoms with van der Waals surface area (Å²) in [4.78, 5) is 11.6. The van der Waals surface area contributed by atoms with Gasteiger partial charge in [0.2, 0.25) is 5.76 Å². The van der Waals surface area contributed by atoms with E-state index in [1.807, 2.05) is 6.07 Å². The molecule has 0 aliphatic rings. The van der Waals surface area contributed by atoms with Gasteiger partial charge in [0.05, 0.1) is 5.75 Å². The summed E-state index contributed by atoms with van der Waals surface area (Å²) >= 11 is 1.40. The van der Waals surface area contributed by atoms with E-state index in [4.69, 9.17) is 9.52 Å². The van der Waals surface area contributed by atoms with E-state index in [2.05, 4.69) is 0 Å². The van der Waals surface area contributed by atoms with Gasteiger partial charge in [0.1, 0.15) is 11.5 Å². The van der Waals surface area contributed by atoms with Gasteiger partial charge in [-0.1, -0.05) is 12.1 Å². The molecule has 1 heterocycles. The average molecular weight is 264 g/mol. The molecule has 0 atom stereocenters. The minimum Gasteiger partial charge on any atom is -0.507 e. The number of carboxylic acids is 1. The summed E-state index contributed by atoms with van der Waals surface area (Å²) in [7, 11) is 0. The second kappa shape index (κ2) is 5.18. The number of furan rings is 1. The number of phenols is 1. The molecule has 1 aromatic carbocycles. The Hall–Kier alpha value is -1.88. The molecule has 2 aromatic rings. The molecule has 0 aliphatic heterocycles. The molecule has 0 bridgehead atoms. The number of para-hydroxylation sites is 1. The third-order valence-corrected chi connectivity index (χ3v) is 3.48. The molecule has 18 heavy (non-hydrogen) atoms. The number of hydrogen-bond acceptors (Lipinski definition) is 4. The first kappa shape index (κ1) is 12.6. The van der Waals surface area contributed by atoms with Gasteiger partial charge in [-0.15, -0.1) is 11.8 Å². The first-order chi connectivity index (χ1) is 8.58. The molecule has 1 aromatic heterocycles. The molecule has 4 nitrogen and oxygen atoms in total. The highest BCUT2D eigenvalue weighted by atomic mass is 32.2. The van der Waals surface area contributed by atoms with Crippen molar-refractivity contribution in [1.82, 2.24) is 0 Å². The third-order valence-electron chi connectivity index (χ3n) is 2.40. The maximum absolute atomic E-state index is 10.8. The Morgan fingerprint density at radius 2 is 2.11 bits per heavy atom. The fourth-order valence-electron chi connectivity index (χ4n) is 1.56. The van der Waals surface area contributed by atoms with Gasteiger partial charge in [0.25, 0.3) is 0 Å². The molecular formula is C13H12O4S. The van der Waals surface area contributed by atoms with Gasteiger partial charge in [-0.25, -0.2) is 4.79 Å². The molecule has 2 rings (SSSR count). The molecule has 0 fully saturated rings. The summed E-state index contributed by atoms with van der Waals surface area (Å²) < 4.78 is 5.24. The molecule has 0 radical (unpaired) electrons. The van der Waals surface area contributed by atoms with E-state index in [1.165, 1.54) is 11.8 Å². The van der Waals surface area contributed by atoms with E-state index in [1.54, 1.807) is 31.2 Å². The lowest BCUT2D eigenvalue weighted by Crippen LogP contribution is -1.94. The van der Waals surface area contributed by atoms with Crippen LogP contribution in [0.2, 0.25) is 0 Å². The fourth-order valence-corrected chi connectivity index (χ4v) is 2.39. The van der Waals surface area contributed by atoms with Crippen LogP contribution in [-0.2, 0) is 5.75 Å². The zero-order valence-corrected chi connectivity index (χ0v) is 10.5. The molecular weight excluding hydrogens is 252 g/mol. The van der Waals surface area contributed by atoms with Crippen LogP contribution in [0.15, 0.2) is 39.6 Å². The lowest BCUT2D eigenvalue weighted by Gasteiger charge is -2.01. The van der Waals surface area contributed by atoms with Gasteiger partial charge in [0.15, 0.2) is 0 Å². The molecule has 0 spiro atoms. The average Bonchev–Trinajstić information content (AvgIpc) is 2.70. The van der Waals surface area contributed by atoms with E-state index in [9.17, 15) is 9.90 Å². The number of thioether (sulfide) groups is 1. The number of aromatic hydroxyl groups is 1. The van der Waals surface area contributed by atoms with Crippen molar-refractivity contribution >= 4 is 17.7 Å². The second-order valence-corrected chi connectivity index (χ2v) is 4.80. The van der Waals surface area contributed by atoms with Crippen molar-refractivity contribution in [3.63, 3.8) is 0 Å². The van der Waals surface area contributed by atoms with Crippen LogP contribution in [0.3, 0.4) is 0 Å². The quantitative estimate of drug-likeness (QED) is 0.829. The maximum atomic E-state index is 10.8. The minimum atomic E-state index is -1.06. The number of phenolic OH excluding ortho intramolecular Hbond substituents is 1. The predicted octanol–water partition coefficient (Wildman–Crippen LogP) is 3.28. The van der Waals surface area contributed by atoms with E-state index in [0.717, 1.165) is 4.90 Å². The topological polar surface area (TPSA) is 70.7 Å². The monoisotopic (exact) mass is 264 g/mol. The third kappa shape index (κ3) is 2.68.